The average molecular weight is 227 g/mol. The lowest BCUT2D eigenvalue weighted by molar-refractivity contribution is 0.679. The van der Waals surface area contributed by atoms with Gasteiger partial charge in [0.1, 0.15) is 11.8 Å². The molecular weight excluding hydrogens is 210 g/mol. The maximum Gasteiger partial charge on any atom is 0.140 e. The Balaban J connectivity index is 1.77. The first kappa shape index (κ1) is 11.7. The first-order valence-electron chi connectivity index (χ1n) is 6.16. The summed E-state index contributed by atoms with van der Waals surface area (Å²) in [7, 11) is 0. The topological polar surface area (TPSA) is 48.7 Å². The van der Waals surface area contributed by atoms with Gasteiger partial charge in [0.15, 0.2) is 0 Å². The predicted molar refractivity (Wildman–Crippen MR) is 68.6 cm³/mol. The molecule has 0 radical (unpaired) electrons. The van der Waals surface area contributed by atoms with Gasteiger partial charge >= 0.3 is 0 Å². The first-order chi connectivity index (χ1) is 8.38. The smallest absolute Gasteiger partial charge is 0.140 e. The molecule has 1 aromatic heterocycles. The van der Waals surface area contributed by atoms with E-state index in [1.54, 1.807) is 17.8 Å². The maximum absolute atomic E-state index is 8.63. The minimum atomic E-state index is 0.463. The molecule has 0 atom stereocenters. The Labute approximate surface area is 102 Å². The van der Waals surface area contributed by atoms with Gasteiger partial charge in [0, 0.05) is 6.54 Å². The van der Waals surface area contributed by atoms with Gasteiger partial charge in [0.2, 0.25) is 0 Å². The molecule has 0 saturated carbocycles. The van der Waals surface area contributed by atoms with Crippen LogP contribution in [0.2, 0.25) is 0 Å². The highest BCUT2D eigenvalue weighted by Gasteiger charge is 2.03. The van der Waals surface area contributed by atoms with Crippen molar-refractivity contribution in [3.05, 3.63) is 35.7 Å². The van der Waals surface area contributed by atoms with E-state index in [4.69, 9.17) is 5.26 Å². The molecule has 88 valence electrons. The van der Waals surface area contributed by atoms with Gasteiger partial charge < -0.3 is 5.32 Å². The number of hydrogen-bond acceptors (Lipinski definition) is 3. The minimum Gasteiger partial charge on any atom is -0.383 e. The third-order valence-corrected chi connectivity index (χ3v) is 3.04. The highest BCUT2D eigenvalue weighted by molar-refractivity contribution is 5.42. The Morgan fingerprint density at radius 2 is 2.29 bits per heavy atom. The van der Waals surface area contributed by atoms with Crippen LogP contribution in [0.25, 0.3) is 0 Å². The molecule has 0 aliphatic heterocycles. The normalized spacial score (nSPS) is 14.9. The van der Waals surface area contributed by atoms with Crippen LogP contribution in [0.5, 0.6) is 0 Å². The van der Waals surface area contributed by atoms with E-state index in [-0.39, 0.29) is 0 Å². The van der Waals surface area contributed by atoms with Crippen LogP contribution in [-0.2, 0) is 0 Å². The molecular formula is C14H17N3. The van der Waals surface area contributed by atoms with E-state index < -0.39 is 0 Å². The Morgan fingerprint density at radius 3 is 2.94 bits per heavy atom. The zero-order valence-corrected chi connectivity index (χ0v) is 9.95. The number of rotatable bonds is 4. The zero-order valence-electron chi connectivity index (χ0n) is 9.95. The van der Waals surface area contributed by atoms with Crippen molar-refractivity contribution in [2.45, 2.75) is 32.1 Å². The van der Waals surface area contributed by atoms with Crippen LogP contribution in [-0.4, -0.2) is 11.5 Å². The molecule has 2 rings (SSSR count). The van der Waals surface area contributed by atoms with Crippen LogP contribution in [0.1, 0.15) is 37.8 Å². The van der Waals surface area contributed by atoms with Crippen molar-refractivity contribution in [1.82, 2.24) is 4.98 Å². The number of aromatic nitrogens is 1. The molecule has 3 heteroatoms. The van der Waals surface area contributed by atoms with E-state index in [0.29, 0.717) is 5.69 Å². The van der Waals surface area contributed by atoms with Crippen LogP contribution in [0.4, 0.5) is 5.69 Å². The van der Waals surface area contributed by atoms with Crippen LogP contribution in [0.3, 0.4) is 0 Å². The summed E-state index contributed by atoms with van der Waals surface area (Å²) in [6, 6.07) is 5.66. The molecule has 3 nitrogen and oxygen atoms in total. The minimum absolute atomic E-state index is 0.463. The lowest BCUT2D eigenvalue weighted by atomic mass is 9.97. The molecule has 0 spiro atoms. The molecule has 1 aliphatic rings. The Hall–Kier alpha value is -1.82. The summed E-state index contributed by atoms with van der Waals surface area (Å²) in [5.74, 6) is 0. The van der Waals surface area contributed by atoms with Gasteiger partial charge in [-0.1, -0.05) is 11.6 Å². The zero-order chi connectivity index (χ0) is 11.9. The van der Waals surface area contributed by atoms with Crippen molar-refractivity contribution in [3.8, 4) is 6.07 Å². The molecule has 0 bridgehead atoms. The third kappa shape index (κ3) is 3.60. The molecule has 0 fully saturated rings. The van der Waals surface area contributed by atoms with Gasteiger partial charge in [-0.05, 0) is 44.2 Å². The van der Waals surface area contributed by atoms with E-state index >= 15 is 0 Å². The highest BCUT2D eigenvalue weighted by atomic mass is 14.9. The fourth-order valence-electron chi connectivity index (χ4n) is 2.06. The molecule has 1 N–H and O–H groups in total. The summed E-state index contributed by atoms with van der Waals surface area (Å²) in [4.78, 5) is 4.02. The summed E-state index contributed by atoms with van der Waals surface area (Å²) in [5.41, 5.74) is 3.02. The summed E-state index contributed by atoms with van der Waals surface area (Å²) in [6.07, 6.45) is 10.4. The quantitative estimate of drug-likeness (QED) is 0.803. The molecule has 0 saturated heterocycles. The van der Waals surface area contributed by atoms with Gasteiger partial charge in [-0.15, -0.1) is 0 Å². The van der Waals surface area contributed by atoms with Crippen molar-refractivity contribution >= 4 is 5.69 Å². The van der Waals surface area contributed by atoms with E-state index in [2.05, 4.69) is 16.4 Å². The summed E-state index contributed by atoms with van der Waals surface area (Å²) in [5, 5.41) is 12.0. The average Bonchev–Trinajstić information content (AvgIpc) is 2.41. The number of nitrogens with one attached hydrogen (secondary N) is 1. The van der Waals surface area contributed by atoms with Gasteiger partial charge in [0.05, 0.1) is 11.9 Å². The van der Waals surface area contributed by atoms with Gasteiger partial charge in [0.25, 0.3) is 0 Å². The van der Waals surface area contributed by atoms with Crippen LogP contribution < -0.4 is 5.32 Å². The largest absolute Gasteiger partial charge is 0.383 e. The standard InChI is InChI=1S/C14H17N3/c15-10-13-6-7-14(11-17-13)16-9-8-12-4-2-1-3-5-12/h4,6-7,11,16H,1-3,5,8-9H2. The second-order valence-electron chi connectivity index (χ2n) is 4.33. The monoisotopic (exact) mass is 227 g/mol. The number of nitriles is 1. The number of pyridine rings is 1. The maximum atomic E-state index is 8.63. The van der Waals surface area contributed by atoms with Gasteiger partial charge in [-0.3, -0.25) is 0 Å². The molecule has 1 aromatic rings. The van der Waals surface area contributed by atoms with E-state index in [0.717, 1.165) is 18.7 Å². The van der Waals surface area contributed by atoms with Crippen molar-refractivity contribution in [3.63, 3.8) is 0 Å². The predicted octanol–water partition coefficient (Wildman–Crippen LogP) is 3.26. The first-order valence-corrected chi connectivity index (χ1v) is 6.16. The SMILES string of the molecule is N#Cc1ccc(NCCC2=CCCCC2)cn1. The molecule has 1 aliphatic carbocycles. The fraction of sp³-hybridized carbons (Fsp3) is 0.429. The second-order valence-corrected chi connectivity index (χ2v) is 4.33. The van der Waals surface area contributed by atoms with Crippen molar-refractivity contribution in [2.75, 3.05) is 11.9 Å². The van der Waals surface area contributed by atoms with Crippen LogP contribution in [0.15, 0.2) is 30.0 Å². The van der Waals surface area contributed by atoms with Crippen molar-refractivity contribution in [1.29, 1.82) is 5.26 Å². The highest BCUT2D eigenvalue weighted by Crippen LogP contribution is 2.20. The van der Waals surface area contributed by atoms with E-state index in [1.165, 1.54) is 25.7 Å². The van der Waals surface area contributed by atoms with Crippen molar-refractivity contribution < 1.29 is 0 Å². The Bertz CT molecular complexity index is 426. The second kappa shape index (κ2) is 6.05. The molecule has 17 heavy (non-hydrogen) atoms. The van der Waals surface area contributed by atoms with Gasteiger partial charge in [-0.2, -0.15) is 5.26 Å². The summed E-state index contributed by atoms with van der Waals surface area (Å²) < 4.78 is 0. The molecule has 0 aromatic carbocycles. The van der Waals surface area contributed by atoms with Crippen LogP contribution >= 0.6 is 0 Å². The molecule has 1 heterocycles. The molecule has 0 unspecified atom stereocenters. The van der Waals surface area contributed by atoms with E-state index in [9.17, 15) is 0 Å². The Morgan fingerprint density at radius 1 is 1.35 bits per heavy atom. The number of allylic oxidation sites excluding steroid dienone is 1. The lowest BCUT2D eigenvalue weighted by Gasteiger charge is -2.13. The lowest BCUT2D eigenvalue weighted by Crippen LogP contribution is -2.04. The third-order valence-electron chi connectivity index (χ3n) is 3.04. The van der Waals surface area contributed by atoms with Crippen LogP contribution in [0, 0.1) is 11.3 Å². The molecule has 0 amide bonds. The van der Waals surface area contributed by atoms with Crippen molar-refractivity contribution in [2.24, 2.45) is 0 Å². The van der Waals surface area contributed by atoms with Gasteiger partial charge in [-0.25, -0.2) is 4.98 Å². The fourth-order valence-corrected chi connectivity index (χ4v) is 2.06. The summed E-state index contributed by atoms with van der Waals surface area (Å²) >= 11 is 0. The summed E-state index contributed by atoms with van der Waals surface area (Å²) in [6.45, 7) is 0.944. The number of hydrogen-bond donors (Lipinski definition) is 1. The number of anilines is 1. The Kier molecular flexibility index (Phi) is 4.15. The number of nitrogens with zero attached hydrogens (tertiary/aromatic N) is 2. The van der Waals surface area contributed by atoms with E-state index in [1.807, 2.05) is 12.1 Å².